The average Bonchev–Trinajstić information content (AvgIpc) is 2.99. The summed E-state index contributed by atoms with van der Waals surface area (Å²) in [5, 5.41) is 12.9. The second kappa shape index (κ2) is 7.28. The maximum absolute atomic E-state index is 12.8. The molecule has 1 aliphatic carbocycles. The Balaban J connectivity index is 1.76. The zero-order chi connectivity index (χ0) is 18.7. The number of carbonyl (C=O) groups is 2. The Kier molecular flexibility index (Phi) is 5.07. The lowest BCUT2D eigenvalue weighted by atomic mass is 9.81. The summed E-state index contributed by atoms with van der Waals surface area (Å²) in [5.74, 6) is -0.951. The highest BCUT2D eigenvalue weighted by molar-refractivity contribution is 5.86. The summed E-state index contributed by atoms with van der Waals surface area (Å²) in [5.41, 5.74) is 1.96. The van der Waals surface area contributed by atoms with E-state index >= 15 is 0 Å². The minimum atomic E-state index is -1.06. The molecule has 5 heteroatoms. The molecular weight excluding hydrogens is 328 g/mol. The van der Waals surface area contributed by atoms with Gasteiger partial charge in [0.15, 0.2) is 0 Å². The molecule has 1 aromatic heterocycles. The van der Waals surface area contributed by atoms with Gasteiger partial charge in [-0.2, -0.15) is 0 Å². The Bertz CT molecular complexity index is 777. The molecule has 1 amide bonds. The van der Waals surface area contributed by atoms with E-state index in [2.05, 4.69) is 10.3 Å². The van der Waals surface area contributed by atoms with Crippen LogP contribution in [0.4, 0.5) is 0 Å². The minimum Gasteiger partial charge on any atom is -0.481 e. The van der Waals surface area contributed by atoms with Crippen LogP contribution >= 0.6 is 0 Å². The first-order valence-electron chi connectivity index (χ1n) is 8.91. The summed E-state index contributed by atoms with van der Waals surface area (Å²) in [6.45, 7) is 4.06. The topological polar surface area (TPSA) is 79.3 Å². The first-order valence-corrected chi connectivity index (χ1v) is 8.91. The van der Waals surface area contributed by atoms with Gasteiger partial charge in [-0.1, -0.05) is 38.1 Å². The number of carboxylic acids is 1. The van der Waals surface area contributed by atoms with E-state index in [1.54, 1.807) is 12.4 Å². The Hall–Kier alpha value is -2.69. The number of carboxylic acid groups (broad SMARTS) is 1. The standard InChI is InChI=1S/C21H24N2O3/c1-14(2)19(15-7-9-22-10-8-15)23-18(24)13-21(20(25)26)11-16-5-3-4-6-17(16)12-21/h3-10,14,19H,11-13H2,1-2H3,(H,23,24)(H,25,26)/t19-/m1/s1. The molecule has 5 nitrogen and oxygen atoms in total. The van der Waals surface area contributed by atoms with Crippen LogP contribution in [0.5, 0.6) is 0 Å². The van der Waals surface area contributed by atoms with Gasteiger partial charge in [-0.15, -0.1) is 0 Å². The van der Waals surface area contributed by atoms with Crippen molar-refractivity contribution in [1.29, 1.82) is 0 Å². The van der Waals surface area contributed by atoms with Crippen molar-refractivity contribution in [3.63, 3.8) is 0 Å². The van der Waals surface area contributed by atoms with Gasteiger partial charge in [0.25, 0.3) is 0 Å². The molecule has 2 aromatic rings. The number of aromatic nitrogens is 1. The van der Waals surface area contributed by atoms with Gasteiger partial charge in [-0.25, -0.2) is 0 Å². The lowest BCUT2D eigenvalue weighted by Gasteiger charge is -2.27. The molecule has 0 aliphatic heterocycles. The molecule has 1 aromatic carbocycles. The number of hydrogen-bond donors (Lipinski definition) is 2. The number of rotatable bonds is 6. The summed E-state index contributed by atoms with van der Waals surface area (Å²) < 4.78 is 0. The van der Waals surface area contributed by atoms with E-state index in [0.29, 0.717) is 12.8 Å². The molecule has 26 heavy (non-hydrogen) atoms. The zero-order valence-corrected chi connectivity index (χ0v) is 15.1. The fourth-order valence-corrected chi connectivity index (χ4v) is 3.78. The number of nitrogens with one attached hydrogen (secondary N) is 1. The molecule has 0 bridgehead atoms. The van der Waals surface area contributed by atoms with Crippen LogP contribution in [-0.2, 0) is 22.4 Å². The van der Waals surface area contributed by atoms with Crippen LogP contribution in [0.25, 0.3) is 0 Å². The Morgan fingerprint density at radius 1 is 1.12 bits per heavy atom. The quantitative estimate of drug-likeness (QED) is 0.837. The second-order valence-electron chi connectivity index (χ2n) is 7.45. The van der Waals surface area contributed by atoms with Crippen molar-refractivity contribution in [1.82, 2.24) is 10.3 Å². The van der Waals surface area contributed by atoms with E-state index < -0.39 is 11.4 Å². The highest BCUT2D eigenvalue weighted by Gasteiger charge is 2.45. The van der Waals surface area contributed by atoms with Crippen LogP contribution in [0.15, 0.2) is 48.8 Å². The summed E-state index contributed by atoms with van der Waals surface area (Å²) in [4.78, 5) is 28.8. The summed E-state index contributed by atoms with van der Waals surface area (Å²) in [7, 11) is 0. The SMILES string of the molecule is CC(C)[C@@H](NC(=O)CC1(C(=O)O)Cc2ccccc2C1)c1ccncc1. The number of pyridine rings is 1. The van der Waals surface area contributed by atoms with Gasteiger partial charge in [0.1, 0.15) is 0 Å². The number of fused-ring (bicyclic) bond motifs is 1. The molecule has 0 radical (unpaired) electrons. The molecule has 0 fully saturated rings. The van der Waals surface area contributed by atoms with E-state index in [4.69, 9.17) is 0 Å². The molecule has 0 unspecified atom stereocenters. The van der Waals surface area contributed by atoms with Crippen LogP contribution < -0.4 is 5.32 Å². The lowest BCUT2D eigenvalue weighted by Crippen LogP contribution is -2.40. The summed E-state index contributed by atoms with van der Waals surface area (Å²) in [6.07, 6.45) is 4.17. The van der Waals surface area contributed by atoms with Crippen LogP contribution in [0.1, 0.15) is 43.0 Å². The molecule has 1 heterocycles. The van der Waals surface area contributed by atoms with Gasteiger partial charge in [0.2, 0.25) is 5.91 Å². The fourth-order valence-electron chi connectivity index (χ4n) is 3.78. The van der Waals surface area contributed by atoms with Crippen molar-refractivity contribution < 1.29 is 14.7 Å². The van der Waals surface area contributed by atoms with Gasteiger partial charge in [0.05, 0.1) is 11.5 Å². The largest absolute Gasteiger partial charge is 0.481 e. The Morgan fingerprint density at radius 3 is 2.19 bits per heavy atom. The number of amides is 1. The first kappa shape index (κ1) is 18.1. The van der Waals surface area contributed by atoms with Crippen molar-refractivity contribution in [3.8, 4) is 0 Å². The van der Waals surface area contributed by atoms with E-state index in [0.717, 1.165) is 16.7 Å². The first-order chi connectivity index (χ1) is 12.4. The molecular formula is C21H24N2O3. The van der Waals surface area contributed by atoms with E-state index in [-0.39, 0.29) is 24.3 Å². The number of hydrogen-bond acceptors (Lipinski definition) is 3. The van der Waals surface area contributed by atoms with Crippen LogP contribution in [-0.4, -0.2) is 22.0 Å². The van der Waals surface area contributed by atoms with Gasteiger partial charge in [-0.3, -0.25) is 14.6 Å². The maximum Gasteiger partial charge on any atom is 0.310 e. The van der Waals surface area contributed by atoms with Crippen molar-refractivity contribution in [3.05, 3.63) is 65.5 Å². The van der Waals surface area contributed by atoms with Crippen molar-refractivity contribution in [2.75, 3.05) is 0 Å². The van der Waals surface area contributed by atoms with Gasteiger partial charge < -0.3 is 10.4 Å². The third kappa shape index (κ3) is 3.62. The fraction of sp³-hybridized carbons (Fsp3) is 0.381. The van der Waals surface area contributed by atoms with E-state index in [1.807, 2.05) is 50.2 Å². The zero-order valence-electron chi connectivity index (χ0n) is 15.1. The van der Waals surface area contributed by atoms with Crippen molar-refractivity contribution >= 4 is 11.9 Å². The predicted molar refractivity (Wildman–Crippen MR) is 98.5 cm³/mol. The van der Waals surface area contributed by atoms with Gasteiger partial charge in [-0.05, 0) is 47.6 Å². The molecule has 1 aliphatic rings. The predicted octanol–water partition coefficient (Wildman–Crippen LogP) is 3.15. The van der Waals surface area contributed by atoms with E-state index in [1.165, 1.54) is 0 Å². The molecule has 3 rings (SSSR count). The molecule has 2 N–H and O–H groups in total. The monoisotopic (exact) mass is 352 g/mol. The number of nitrogens with zero attached hydrogens (tertiary/aromatic N) is 1. The summed E-state index contributed by atoms with van der Waals surface area (Å²) in [6, 6.07) is 11.3. The Morgan fingerprint density at radius 2 is 1.69 bits per heavy atom. The van der Waals surface area contributed by atoms with E-state index in [9.17, 15) is 14.7 Å². The molecule has 0 spiro atoms. The number of carbonyl (C=O) groups excluding carboxylic acids is 1. The molecule has 136 valence electrons. The highest BCUT2D eigenvalue weighted by Crippen LogP contribution is 2.40. The third-order valence-electron chi connectivity index (χ3n) is 5.18. The van der Waals surface area contributed by atoms with Gasteiger partial charge in [0, 0.05) is 18.8 Å². The van der Waals surface area contributed by atoms with Crippen molar-refractivity contribution in [2.45, 2.75) is 39.2 Å². The van der Waals surface area contributed by atoms with Gasteiger partial charge >= 0.3 is 5.97 Å². The molecule has 1 atom stereocenters. The normalized spacial score (nSPS) is 16.1. The minimum absolute atomic E-state index is 0.0225. The van der Waals surface area contributed by atoms with Crippen LogP contribution in [0.3, 0.4) is 0 Å². The van der Waals surface area contributed by atoms with Crippen LogP contribution in [0.2, 0.25) is 0 Å². The van der Waals surface area contributed by atoms with Crippen LogP contribution in [0, 0.1) is 11.3 Å². The maximum atomic E-state index is 12.8. The highest BCUT2D eigenvalue weighted by atomic mass is 16.4. The average molecular weight is 352 g/mol. The molecule has 0 saturated heterocycles. The second-order valence-corrected chi connectivity index (χ2v) is 7.45. The number of benzene rings is 1. The third-order valence-corrected chi connectivity index (χ3v) is 5.18. The Labute approximate surface area is 153 Å². The smallest absolute Gasteiger partial charge is 0.310 e. The molecule has 0 saturated carbocycles. The number of aliphatic carboxylic acids is 1. The summed E-state index contributed by atoms with van der Waals surface area (Å²) >= 11 is 0. The lowest BCUT2D eigenvalue weighted by molar-refractivity contribution is -0.151. The van der Waals surface area contributed by atoms with Crippen molar-refractivity contribution in [2.24, 2.45) is 11.3 Å².